The van der Waals surface area contributed by atoms with Crippen LogP contribution in [0.2, 0.25) is 5.15 Å². The molecule has 4 heterocycles. The van der Waals surface area contributed by atoms with Crippen molar-refractivity contribution < 1.29 is 51.3 Å². The Morgan fingerprint density at radius 1 is 0.750 bits per heavy atom. The Kier molecular flexibility index (Phi) is 11.9. The molecule has 11 nitrogen and oxygen atoms in total. The molecule has 0 N–H and O–H groups in total. The smallest absolute Gasteiger partial charge is 0.421 e. The van der Waals surface area contributed by atoms with Crippen LogP contribution < -0.4 is 9.47 Å². The number of Topliss-reactive ketones (excluding diaryl/α,β-unsaturated/α-hetero) is 4. The van der Waals surface area contributed by atoms with E-state index in [9.17, 15) is 32.3 Å². The van der Waals surface area contributed by atoms with Gasteiger partial charge in [0.25, 0.3) is 0 Å². The summed E-state index contributed by atoms with van der Waals surface area (Å²) >= 11 is 6.21. The lowest BCUT2D eigenvalue weighted by molar-refractivity contribution is -0.189. The topological polar surface area (TPSA) is 144 Å². The second kappa shape index (κ2) is 16.1. The van der Waals surface area contributed by atoms with Crippen molar-refractivity contribution in [3.05, 3.63) is 99.5 Å². The Balaban J connectivity index is 1.32. The SMILES string of the molecule is CCc1ccc(Oc2ncccc2C(F)(F)F)cc1C1C(=O)C(C)(C)OC(C)(CCCc2ccc(Oc3ncc(C)c(Cl)n3)cc2C2C(=O)C(C)(C)OC(C)(C)C2=O)C1=O. The minimum Gasteiger partial charge on any atom is -0.438 e. The fraction of sp³-hybridized carbons (Fsp3) is 0.444. The Bertz CT molecular complexity index is 2350. The van der Waals surface area contributed by atoms with E-state index in [1.165, 1.54) is 24.5 Å². The van der Waals surface area contributed by atoms with Crippen molar-refractivity contribution in [1.29, 1.82) is 0 Å². The number of alkyl halides is 3. The largest absolute Gasteiger partial charge is 0.438 e. The number of carbonyl (C=O) groups is 4. The number of rotatable bonds is 11. The van der Waals surface area contributed by atoms with Gasteiger partial charge in [-0.3, -0.25) is 19.2 Å². The van der Waals surface area contributed by atoms with Crippen LogP contribution in [0.25, 0.3) is 0 Å². The minimum absolute atomic E-state index is 0.0291. The summed E-state index contributed by atoms with van der Waals surface area (Å²) in [6.07, 6.45) is -0.932. The first kappa shape index (κ1) is 44.5. The summed E-state index contributed by atoms with van der Waals surface area (Å²) in [5.74, 6) is -4.88. The fourth-order valence-electron chi connectivity index (χ4n) is 8.06. The van der Waals surface area contributed by atoms with Gasteiger partial charge in [0.15, 0.2) is 23.1 Å². The molecule has 60 heavy (non-hydrogen) atoms. The molecule has 0 saturated carbocycles. The van der Waals surface area contributed by atoms with E-state index < -0.39 is 75.0 Å². The summed E-state index contributed by atoms with van der Waals surface area (Å²) in [5, 5.41) is 0.200. The van der Waals surface area contributed by atoms with Crippen molar-refractivity contribution in [2.24, 2.45) is 0 Å². The Morgan fingerprint density at radius 2 is 1.30 bits per heavy atom. The van der Waals surface area contributed by atoms with Crippen LogP contribution in [0.3, 0.4) is 0 Å². The molecular formula is C45H47ClF3N3O8. The second-order valence-electron chi connectivity index (χ2n) is 16.9. The molecule has 2 aliphatic rings. The van der Waals surface area contributed by atoms with E-state index in [2.05, 4.69) is 15.0 Å². The molecule has 0 amide bonds. The molecule has 0 radical (unpaired) electrons. The highest BCUT2D eigenvalue weighted by molar-refractivity contribution is 6.30. The van der Waals surface area contributed by atoms with Gasteiger partial charge in [0.1, 0.15) is 56.5 Å². The predicted octanol–water partition coefficient (Wildman–Crippen LogP) is 9.62. The lowest BCUT2D eigenvalue weighted by atomic mass is 9.71. The van der Waals surface area contributed by atoms with Crippen LogP contribution in [-0.4, -0.2) is 60.5 Å². The number of halogens is 4. The number of ketones is 4. The minimum atomic E-state index is -4.74. The van der Waals surface area contributed by atoms with Crippen LogP contribution in [0.1, 0.15) is 113 Å². The van der Waals surface area contributed by atoms with E-state index in [0.29, 0.717) is 40.7 Å². The first-order valence-electron chi connectivity index (χ1n) is 19.6. The Labute approximate surface area is 351 Å². The molecule has 2 aromatic heterocycles. The van der Waals surface area contributed by atoms with Gasteiger partial charge < -0.3 is 18.9 Å². The average Bonchev–Trinajstić information content (AvgIpc) is 3.15. The zero-order valence-electron chi connectivity index (χ0n) is 34.9. The summed E-state index contributed by atoms with van der Waals surface area (Å²) in [6.45, 7) is 14.8. The molecule has 0 spiro atoms. The van der Waals surface area contributed by atoms with Crippen LogP contribution in [0.5, 0.6) is 23.4 Å². The number of pyridine rings is 1. The van der Waals surface area contributed by atoms with Crippen molar-refractivity contribution in [2.45, 2.75) is 128 Å². The van der Waals surface area contributed by atoms with Crippen molar-refractivity contribution in [1.82, 2.24) is 15.0 Å². The molecule has 0 bridgehead atoms. The number of carbonyl (C=O) groups excluding carboxylic acids is 4. The van der Waals surface area contributed by atoms with Gasteiger partial charge in [0, 0.05) is 18.0 Å². The zero-order valence-corrected chi connectivity index (χ0v) is 35.6. The lowest BCUT2D eigenvalue weighted by Gasteiger charge is -2.45. The molecule has 6 rings (SSSR count). The zero-order chi connectivity index (χ0) is 44.2. The van der Waals surface area contributed by atoms with E-state index in [-0.39, 0.29) is 35.5 Å². The van der Waals surface area contributed by atoms with E-state index >= 15 is 0 Å². The van der Waals surface area contributed by atoms with Gasteiger partial charge in [-0.1, -0.05) is 30.7 Å². The second-order valence-corrected chi connectivity index (χ2v) is 17.3. The molecule has 2 atom stereocenters. The number of benzene rings is 2. The summed E-state index contributed by atoms with van der Waals surface area (Å²) in [5.41, 5.74) is -4.02. The number of nitrogens with zero attached hydrogens (tertiary/aromatic N) is 3. The predicted molar refractivity (Wildman–Crippen MR) is 215 cm³/mol. The first-order valence-corrected chi connectivity index (χ1v) is 20.0. The summed E-state index contributed by atoms with van der Waals surface area (Å²) < 4.78 is 65.2. The summed E-state index contributed by atoms with van der Waals surface area (Å²) in [7, 11) is 0. The third-order valence-corrected chi connectivity index (χ3v) is 11.4. The Morgan fingerprint density at radius 3 is 1.88 bits per heavy atom. The van der Waals surface area contributed by atoms with Crippen molar-refractivity contribution >= 4 is 34.7 Å². The maximum atomic E-state index is 14.6. The van der Waals surface area contributed by atoms with Gasteiger partial charge in [-0.15, -0.1) is 0 Å². The standard InChI is InChI=1S/C45H47ClF3N3O8/c1-10-25-15-17-27(57-39-31(45(47,48)49)14-12-20-50-39)21-29(25)33-36(55)43(7,8)60-44(9,37(33)56)19-11-13-26-16-18-28(58-40-51-23-24(2)38(46)52-40)22-30(26)32-34(53)41(3,4)59-42(5,6)35(32)54/h12,14-18,20-23,32-33H,10-11,13,19H2,1-9H3. The molecule has 4 aromatic rings. The third kappa shape index (κ3) is 8.73. The Hall–Kier alpha value is -5.05. The van der Waals surface area contributed by atoms with Crippen molar-refractivity contribution in [2.75, 3.05) is 0 Å². The van der Waals surface area contributed by atoms with Crippen LogP contribution >= 0.6 is 11.6 Å². The fourth-order valence-corrected chi connectivity index (χ4v) is 8.19. The third-order valence-electron chi connectivity index (χ3n) is 11.1. The molecule has 2 aromatic carbocycles. The first-order chi connectivity index (χ1) is 27.9. The number of ether oxygens (including phenoxy) is 4. The summed E-state index contributed by atoms with van der Waals surface area (Å²) in [6, 6.07) is 11.5. The van der Waals surface area contributed by atoms with Crippen LogP contribution in [0, 0.1) is 6.92 Å². The average molecular weight is 850 g/mol. The van der Waals surface area contributed by atoms with Gasteiger partial charge in [-0.2, -0.15) is 18.2 Å². The van der Waals surface area contributed by atoms with Gasteiger partial charge in [-0.05, 0) is 140 Å². The quantitative estimate of drug-likeness (QED) is 0.105. The van der Waals surface area contributed by atoms with Gasteiger partial charge in [0.05, 0.1) is 0 Å². The molecule has 2 aliphatic heterocycles. The number of aryl methyl sites for hydroxylation is 3. The number of hydrogen-bond acceptors (Lipinski definition) is 11. The molecule has 15 heteroatoms. The highest BCUT2D eigenvalue weighted by Gasteiger charge is 2.56. The van der Waals surface area contributed by atoms with Gasteiger partial charge in [0.2, 0.25) is 5.88 Å². The van der Waals surface area contributed by atoms with E-state index in [1.807, 2.05) is 6.92 Å². The number of aromatic nitrogens is 3. The molecule has 2 fully saturated rings. The summed E-state index contributed by atoms with van der Waals surface area (Å²) in [4.78, 5) is 68.9. The monoisotopic (exact) mass is 849 g/mol. The van der Waals surface area contributed by atoms with E-state index in [4.69, 9.17) is 30.5 Å². The molecule has 2 unspecified atom stereocenters. The van der Waals surface area contributed by atoms with Crippen LogP contribution in [0.15, 0.2) is 60.9 Å². The maximum absolute atomic E-state index is 14.6. The van der Waals surface area contributed by atoms with E-state index in [0.717, 1.165) is 12.1 Å². The van der Waals surface area contributed by atoms with E-state index in [1.54, 1.807) is 79.7 Å². The van der Waals surface area contributed by atoms with Crippen molar-refractivity contribution in [3.63, 3.8) is 0 Å². The van der Waals surface area contributed by atoms with Crippen LogP contribution in [-0.2, 0) is 47.7 Å². The highest BCUT2D eigenvalue weighted by atomic mass is 35.5. The van der Waals surface area contributed by atoms with Crippen molar-refractivity contribution in [3.8, 4) is 23.4 Å². The maximum Gasteiger partial charge on any atom is 0.421 e. The van der Waals surface area contributed by atoms with Gasteiger partial charge >= 0.3 is 12.2 Å². The molecule has 2 saturated heterocycles. The van der Waals surface area contributed by atoms with Crippen LogP contribution in [0.4, 0.5) is 13.2 Å². The normalized spacial score (nSPS) is 21.6. The lowest BCUT2D eigenvalue weighted by Crippen LogP contribution is -2.59. The molecular weight excluding hydrogens is 803 g/mol. The van der Waals surface area contributed by atoms with Gasteiger partial charge in [-0.25, -0.2) is 9.97 Å². The highest BCUT2D eigenvalue weighted by Crippen LogP contribution is 2.45. The molecule has 318 valence electrons. The number of hydrogen-bond donors (Lipinski definition) is 0. The molecule has 0 aliphatic carbocycles.